The van der Waals surface area contributed by atoms with Crippen molar-refractivity contribution < 1.29 is 14.4 Å². The molecule has 2 aromatic rings. The first-order valence-electron chi connectivity index (χ1n) is 9.45. The lowest BCUT2D eigenvalue weighted by atomic mass is 10.0. The van der Waals surface area contributed by atoms with E-state index in [1.807, 2.05) is 6.07 Å². The first-order chi connectivity index (χ1) is 13.1. The second kappa shape index (κ2) is 6.04. The second-order valence-corrected chi connectivity index (χ2v) is 7.59. The summed E-state index contributed by atoms with van der Waals surface area (Å²) in [5.74, 6) is -0.189. The van der Waals surface area contributed by atoms with Crippen molar-refractivity contribution in [3.05, 3.63) is 47.3 Å². The summed E-state index contributed by atoms with van der Waals surface area (Å²) in [5.41, 5.74) is 2.40. The number of benzene rings is 1. The minimum absolute atomic E-state index is 0.147. The van der Waals surface area contributed by atoms with Gasteiger partial charge in [-0.05, 0) is 62.3 Å². The summed E-state index contributed by atoms with van der Waals surface area (Å²) in [6.45, 7) is 0.498. The van der Waals surface area contributed by atoms with Crippen molar-refractivity contribution >= 4 is 23.4 Å². The average molecular weight is 364 g/mol. The zero-order chi connectivity index (χ0) is 18.5. The maximum Gasteiger partial charge on any atom is 0.261 e. The number of imide groups is 1. The molecular weight excluding hydrogens is 344 g/mol. The van der Waals surface area contributed by atoms with Crippen LogP contribution in [0.1, 0.15) is 58.1 Å². The molecule has 7 heteroatoms. The van der Waals surface area contributed by atoms with E-state index in [0.29, 0.717) is 29.3 Å². The van der Waals surface area contributed by atoms with E-state index >= 15 is 0 Å². The van der Waals surface area contributed by atoms with Gasteiger partial charge in [0.2, 0.25) is 5.91 Å². The molecule has 1 unspecified atom stereocenters. The van der Waals surface area contributed by atoms with Gasteiger partial charge < -0.3 is 5.32 Å². The molecule has 138 valence electrons. The van der Waals surface area contributed by atoms with Gasteiger partial charge >= 0.3 is 0 Å². The van der Waals surface area contributed by atoms with Gasteiger partial charge in [0.25, 0.3) is 11.8 Å². The van der Waals surface area contributed by atoms with Crippen LogP contribution in [0.25, 0.3) is 0 Å². The van der Waals surface area contributed by atoms with Gasteiger partial charge in [-0.3, -0.25) is 24.0 Å². The molecule has 5 rings (SSSR count). The third-order valence-corrected chi connectivity index (χ3v) is 5.64. The number of rotatable bonds is 4. The Bertz CT molecular complexity index is 960. The van der Waals surface area contributed by atoms with E-state index in [1.54, 1.807) is 29.1 Å². The molecule has 27 heavy (non-hydrogen) atoms. The minimum Gasteiger partial charge on any atom is -0.324 e. The average Bonchev–Trinajstić information content (AvgIpc) is 3.31. The monoisotopic (exact) mass is 364 g/mol. The summed E-state index contributed by atoms with van der Waals surface area (Å²) in [4.78, 5) is 39.2. The van der Waals surface area contributed by atoms with E-state index in [4.69, 9.17) is 0 Å². The van der Waals surface area contributed by atoms with Gasteiger partial charge in [-0.15, -0.1) is 0 Å². The Balaban J connectivity index is 1.36. The summed E-state index contributed by atoms with van der Waals surface area (Å²) in [5, 5.41) is 7.17. The summed E-state index contributed by atoms with van der Waals surface area (Å²) in [7, 11) is 0. The van der Waals surface area contributed by atoms with Crippen LogP contribution in [0, 0.1) is 5.92 Å². The molecule has 7 nitrogen and oxygen atoms in total. The van der Waals surface area contributed by atoms with Crippen LogP contribution in [0.2, 0.25) is 0 Å². The number of anilines is 1. The molecule has 1 saturated carbocycles. The largest absolute Gasteiger partial charge is 0.324 e. The van der Waals surface area contributed by atoms with Crippen LogP contribution >= 0.6 is 0 Å². The molecule has 2 aliphatic heterocycles. The number of amides is 3. The maximum absolute atomic E-state index is 12.8. The number of carbonyl (C=O) groups is 3. The number of carbonyl (C=O) groups excluding carboxylic acids is 3. The van der Waals surface area contributed by atoms with Gasteiger partial charge in [-0.2, -0.15) is 5.10 Å². The predicted octanol–water partition coefficient (Wildman–Crippen LogP) is 2.41. The highest BCUT2D eigenvalue weighted by Gasteiger charge is 2.39. The van der Waals surface area contributed by atoms with Crippen molar-refractivity contribution in [2.24, 2.45) is 5.92 Å². The first kappa shape index (κ1) is 16.2. The molecule has 0 radical (unpaired) electrons. The summed E-state index contributed by atoms with van der Waals surface area (Å²) in [6.07, 6.45) is 6.47. The number of hydrogen-bond donors (Lipinski definition) is 1. The number of fused-ring (bicyclic) bond motifs is 2. The van der Waals surface area contributed by atoms with Crippen molar-refractivity contribution in [1.82, 2.24) is 14.7 Å². The molecular formula is C20H20N4O3. The van der Waals surface area contributed by atoms with Gasteiger partial charge in [0, 0.05) is 24.1 Å². The summed E-state index contributed by atoms with van der Waals surface area (Å²) < 4.78 is 1.78. The molecule has 1 aromatic carbocycles. The van der Waals surface area contributed by atoms with Crippen LogP contribution in [0.5, 0.6) is 0 Å². The lowest BCUT2D eigenvalue weighted by molar-refractivity contribution is -0.120. The molecule has 3 aliphatic rings. The van der Waals surface area contributed by atoms with Gasteiger partial charge in [0.1, 0.15) is 6.04 Å². The van der Waals surface area contributed by atoms with E-state index in [9.17, 15) is 14.4 Å². The van der Waals surface area contributed by atoms with Crippen molar-refractivity contribution in [3.8, 4) is 0 Å². The molecule has 1 N–H and O–H groups in total. The summed E-state index contributed by atoms with van der Waals surface area (Å²) in [6, 6.07) is 6.54. The standard InChI is InChI=1S/C20H20N4O3/c25-18(17-3-1-2-14-8-9-21-24(14)17)22-13-6-7-15-16(10-13)20(27)23(19(15)26)11-12-4-5-12/h6-10,12,17H,1-5,11H2,(H,22,25). The third-order valence-electron chi connectivity index (χ3n) is 5.64. The van der Waals surface area contributed by atoms with Crippen LogP contribution < -0.4 is 5.32 Å². The zero-order valence-electron chi connectivity index (χ0n) is 14.9. The van der Waals surface area contributed by atoms with Crippen molar-refractivity contribution in [1.29, 1.82) is 0 Å². The topological polar surface area (TPSA) is 84.3 Å². The Morgan fingerprint density at radius 3 is 2.74 bits per heavy atom. The number of hydrogen-bond acceptors (Lipinski definition) is 4. The fourth-order valence-corrected chi connectivity index (χ4v) is 3.98. The van der Waals surface area contributed by atoms with E-state index in [1.165, 1.54) is 4.90 Å². The third kappa shape index (κ3) is 2.74. The molecule has 3 amide bonds. The summed E-state index contributed by atoms with van der Waals surface area (Å²) >= 11 is 0. The zero-order valence-corrected chi connectivity index (χ0v) is 14.9. The van der Waals surface area contributed by atoms with E-state index in [2.05, 4.69) is 10.4 Å². The lowest BCUT2D eigenvalue weighted by Crippen LogP contribution is -2.31. The molecule has 1 aromatic heterocycles. The smallest absolute Gasteiger partial charge is 0.261 e. The molecule has 1 fully saturated rings. The van der Waals surface area contributed by atoms with E-state index < -0.39 is 0 Å². The van der Waals surface area contributed by atoms with Crippen LogP contribution in [0.3, 0.4) is 0 Å². The molecule has 0 bridgehead atoms. The number of aromatic nitrogens is 2. The number of aryl methyl sites for hydroxylation is 1. The van der Waals surface area contributed by atoms with Crippen molar-refractivity contribution in [2.75, 3.05) is 11.9 Å². The number of nitrogens with zero attached hydrogens (tertiary/aromatic N) is 3. The fourth-order valence-electron chi connectivity index (χ4n) is 3.98. The van der Waals surface area contributed by atoms with E-state index in [0.717, 1.165) is 37.8 Å². The first-order valence-corrected chi connectivity index (χ1v) is 9.45. The predicted molar refractivity (Wildman–Crippen MR) is 97.4 cm³/mol. The highest BCUT2D eigenvalue weighted by Crippen LogP contribution is 2.34. The van der Waals surface area contributed by atoms with Crippen molar-refractivity contribution in [2.45, 2.75) is 38.1 Å². The highest BCUT2D eigenvalue weighted by molar-refractivity contribution is 6.21. The molecule has 0 spiro atoms. The molecule has 1 atom stereocenters. The van der Waals surface area contributed by atoms with Crippen LogP contribution in [0.4, 0.5) is 5.69 Å². The second-order valence-electron chi connectivity index (χ2n) is 7.59. The fraction of sp³-hybridized carbons (Fsp3) is 0.400. The van der Waals surface area contributed by atoms with Crippen LogP contribution in [-0.4, -0.2) is 38.9 Å². The van der Waals surface area contributed by atoms with Crippen LogP contribution in [-0.2, 0) is 11.2 Å². The van der Waals surface area contributed by atoms with Gasteiger partial charge in [0.15, 0.2) is 0 Å². The molecule has 1 aliphatic carbocycles. The Hall–Kier alpha value is -2.96. The van der Waals surface area contributed by atoms with Crippen LogP contribution in [0.15, 0.2) is 30.5 Å². The molecule has 3 heterocycles. The SMILES string of the molecule is O=C(Nc1ccc2c(c1)C(=O)N(CC1CC1)C2=O)C1CCCc2ccnn21. The van der Waals surface area contributed by atoms with E-state index in [-0.39, 0.29) is 23.8 Å². The Labute approximate surface area is 156 Å². The normalized spacial score (nSPS) is 21.2. The number of nitrogens with one attached hydrogen (secondary N) is 1. The highest BCUT2D eigenvalue weighted by atomic mass is 16.2. The maximum atomic E-state index is 12.8. The molecule has 0 saturated heterocycles. The van der Waals surface area contributed by atoms with Gasteiger partial charge in [-0.1, -0.05) is 0 Å². The Morgan fingerprint density at radius 2 is 1.93 bits per heavy atom. The lowest BCUT2D eigenvalue weighted by Gasteiger charge is -2.23. The minimum atomic E-state index is -0.347. The Kier molecular flexibility index (Phi) is 3.63. The Morgan fingerprint density at radius 1 is 1.11 bits per heavy atom. The van der Waals surface area contributed by atoms with Crippen molar-refractivity contribution in [3.63, 3.8) is 0 Å². The quantitative estimate of drug-likeness (QED) is 0.845. The van der Waals surface area contributed by atoms with Gasteiger partial charge in [0.05, 0.1) is 11.1 Å². The van der Waals surface area contributed by atoms with Gasteiger partial charge in [-0.25, -0.2) is 0 Å².